The summed E-state index contributed by atoms with van der Waals surface area (Å²) in [4.78, 5) is 43.6. The standard InChI is InChI=1S/C33H38N6O5S/c1-23-12-14-37(15-13-23)29-11-8-25(21-30(29)39(42)43)31(40)35-33(45)34-27-20-26(32(41)44-2)9-10-28(27)38-18-16-36(17-19-38)22-24-6-4-3-5-7-24/h3-11,20-21,23H,12-19,22H2,1-2H3,(H2,34,35,40,45). The normalized spacial score (nSPS) is 15.8. The van der Waals surface area contributed by atoms with Gasteiger partial charge in [0.05, 0.1) is 29.0 Å². The number of nitrogens with zero attached hydrogens (tertiary/aromatic N) is 4. The summed E-state index contributed by atoms with van der Waals surface area (Å²) < 4.78 is 4.92. The van der Waals surface area contributed by atoms with E-state index in [1.54, 1.807) is 24.3 Å². The number of carbonyl (C=O) groups is 2. The minimum atomic E-state index is -0.574. The number of carbonyl (C=O) groups excluding carboxylic acids is 2. The minimum absolute atomic E-state index is 0.00253. The number of benzene rings is 3. The van der Waals surface area contributed by atoms with Crippen LogP contribution in [0.1, 0.15) is 46.0 Å². The van der Waals surface area contributed by atoms with Crippen molar-refractivity contribution in [2.24, 2.45) is 5.92 Å². The predicted molar refractivity (Wildman–Crippen MR) is 179 cm³/mol. The average Bonchev–Trinajstić information content (AvgIpc) is 3.05. The summed E-state index contributed by atoms with van der Waals surface area (Å²) in [6, 6.07) is 20.0. The second kappa shape index (κ2) is 14.5. The fraction of sp³-hybridized carbons (Fsp3) is 0.364. The lowest BCUT2D eigenvalue weighted by molar-refractivity contribution is -0.384. The highest BCUT2D eigenvalue weighted by Gasteiger charge is 2.26. The number of methoxy groups -OCH3 is 1. The van der Waals surface area contributed by atoms with Gasteiger partial charge in [-0.15, -0.1) is 0 Å². The topological polar surface area (TPSA) is 120 Å². The smallest absolute Gasteiger partial charge is 0.337 e. The van der Waals surface area contributed by atoms with Gasteiger partial charge in [0, 0.05) is 57.4 Å². The van der Waals surface area contributed by atoms with Gasteiger partial charge in [0.25, 0.3) is 11.6 Å². The SMILES string of the molecule is COC(=O)c1ccc(N2CCN(Cc3ccccc3)CC2)c(NC(=S)NC(=O)c2ccc(N3CCC(C)CC3)c([N+](=O)[O-])c2)c1. The summed E-state index contributed by atoms with van der Waals surface area (Å²) in [5, 5.41) is 17.7. The first kappa shape index (κ1) is 31.9. The summed E-state index contributed by atoms with van der Waals surface area (Å²) in [7, 11) is 1.32. The number of nitro groups is 1. The van der Waals surface area contributed by atoms with Gasteiger partial charge in [0.1, 0.15) is 5.69 Å². The highest BCUT2D eigenvalue weighted by Crippen LogP contribution is 2.33. The molecule has 5 rings (SSSR count). The first-order valence-electron chi connectivity index (χ1n) is 15.1. The van der Waals surface area contributed by atoms with E-state index in [2.05, 4.69) is 39.5 Å². The van der Waals surface area contributed by atoms with Crippen LogP contribution in [0.25, 0.3) is 0 Å². The summed E-state index contributed by atoms with van der Waals surface area (Å²) in [5.74, 6) is -0.491. The molecule has 2 aliphatic heterocycles. The lowest BCUT2D eigenvalue weighted by Crippen LogP contribution is -2.46. The number of thiocarbonyl (C=S) groups is 1. The largest absolute Gasteiger partial charge is 0.465 e. The summed E-state index contributed by atoms with van der Waals surface area (Å²) in [6.45, 7) is 7.71. The number of hydrogen-bond donors (Lipinski definition) is 2. The van der Waals surface area contributed by atoms with Crippen LogP contribution in [0.3, 0.4) is 0 Å². The van der Waals surface area contributed by atoms with Crippen LogP contribution >= 0.6 is 12.2 Å². The van der Waals surface area contributed by atoms with Crippen LogP contribution < -0.4 is 20.4 Å². The highest BCUT2D eigenvalue weighted by atomic mass is 32.1. The van der Waals surface area contributed by atoms with Crippen LogP contribution in [0, 0.1) is 16.0 Å². The first-order valence-corrected chi connectivity index (χ1v) is 15.5. The van der Waals surface area contributed by atoms with Gasteiger partial charge in [0.15, 0.2) is 5.11 Å². The van der Waals surface area contributed by atoms with E-state index in [-0.39, 0.29) is 16.4 Å². The van der Waals surface area contributed by atoms with Crippen LogP contribution in [0.5, 0.6) is 0 Å². The fourth-order valence-electron chi connectivity index (χ4n) is 5.80. The van der Waals surface area contributed by atoms with Gasteiger partial charge < -0.3 is 19.9 Å². The van der Waals surface area contributed by atoms with Gasteiger partial charge in [0.2, 0.25) is 0 Å². The van der Waals surface area contributed by atoms with Crippen LogP contribution in [-0.4, -0.2) is 73.2 Å². The van der Waals surface area contributed by atoms with Crippen molar-refractivity contribution in [2.75, 3.05) is 61.5 Å². The number of nitrogens with one attached hydrogen (secondary N) is 2. The van der Waals surface area contributed by atoms with Gasteiger partial charge in [-0.3, -0.25) is 25.1 Å². The zero-order valence-electron chi connectivity index (χ0n) is 25.5. The maximum Gasteiger partial charge on any atom is 0.337 e. The molecule has 3 aromatic rings. The summed E-state index contributed by atoms with van der Waals surface area (Å²) >= 11 is 5.50. The molecule has 0 aromatic heterocycles. The fourth-order valence-corrected chi connectivity index (χ4v) is 6.00. The molecule has 0 radical (unpaired) electrons. The Morgan fingerprint density at radius 2 is 1.56 bits per heavy atom. The molecule has 0 spiro atoms. The Bertz CT molecular complexity index is 1550. The maximum atomic E-state index is 13.2. The first-order chi connectivity index (χ1) is 21.7. The van der Waals surface area contributed by atoms with E-state index < -0.39 is 16.8 Å². The van der Waals surface area contributed by atoms with Crippen molar-refractivity contribution in [3.63, 3.8) is 0 Å². The van der Waals surface area contributed by atoms with Gasteiger partial charge in [-0.2, -0.15) is 0 Å². The van der Waals surface area contributed by atoms with Crippen LogP contribution in [0.15, 0.2) is 66.7 Å². The third-order valence-corrected chi connectivity index (χ3v) is 8.62. The molecule has 2 heterocycles. The van der Waals surface area contributed by atoms with Gasteiger partial charge in [-0.1, -0.05) is 37.3 Å². The van der Waals surface area contributed by atoms with Crippen molar-refractivity contribution in [1.82, 2.24) is 10.2 Å². The lowest BCUT2D eigenvalue weighted by Gasteiger charge is -2.37. The maximum absolute atomic E-state index is 13.2. The van der Waals surface area contributed by atoms with Gasteiger partial charge >= 0.3 is 5.97 Å². The lowest BCUT2D eigenvalue weighted by atomic mass is 9.98. The Kier molecular flexibility index (Phi) is 10.3. The number of anilines is 3. The van der Waals surface area contributed by atoms with Crippen molar-refractivity contribution >= 4 is 52.0 Å². The third-order valence-electron chi connectivity index (χ3n) is 8.41. The number of hydrogen-bond acceptors (Lipinski definition) is 9. The highest BCUT2D eigenvalue weighted by molar-refractivity contribution is 7.80. The van der Waals surface area contributed by atoms with Gasteiger partial charge in [-0.25, -0.2) is 4.79 Å². The molecule has 3 aromatic carbocycles. The molecule has 0 saturated carbocycles. The quantitative estimate of drug-likeness (QED) is 0.151. The van der Waals surface area contributed by atoms with Crippen LogP contribution in [0.2, 0.25) is 0 Å². The summed E-state index contributed by atoms with van der Waals surface area (Å²) in [5.41, 5.74) is 3.48. The van der Waals surface area contributed by atoms with Crippen molar-refractivity contribution in [2.45, 2.75) is 26.3 Å². The number of rotatable bonds is 8. The Labute approximate surface area is 268 Å². The Hall–Kier alpha value is -4.55. The molecule has 1 amide bonds. The zero-order chi connectivity index (χ0) is 31.9. The van der Waals surface area contributed by atoms with E-state index in [0.29, 0.717) is 22.9 Å². The van der Waals surface area contributed by atoms with E-state index in [0.717, 1.165) is 64.3 Å². The molecule has 2 saturated heterocycles. The van der Waals surface area contributed by atoms with Crippen molar-refractivity contribution in [3.05, 3.63) is 93.5 Å². The third kappa shape index (κ3) is 7.95. The summed E-state index contributed by atoms with van der Waals surface area (Å²) in [6.07, 6.45) is 1.92. The van der Waals surface area contributed by atoms with Crippen LogP contribution in [0.4, 0.5) is 22.7 Å². The van der Waals surface area contributed by atoms with E-state index >= 15 is 0 Å². The molecule has 2 fully saturated rings. The van der Waals surface area contributed by atoms with Gasteiger partial charge in [-0.05, 0) is 66.9 Å². The number of nitro benzene ring substituents is 1. The van der Waals surface area contributed by atoms with Crippen LogP contribution in [-0.2, 0) is 11.3 Å². The van der Waals surface area contributed by atoms with Crippen molar-refractivity contribution in [3.8, 4) is 0 Å². The molecule has 0 bridgehead atoms. The minimum Gasteiger partial charge on any atom is -0.465 e. The predicted octanol–water partition coefficient (Wildman–Crippen LogP) is 5.07. The van der Waals surface area contributed by atoms with E-state index in [4.69, 9.17) is 17.0 Å². The number of piperazine rings is 1. The Morgan fingerprint density at radius 3 is 2.22 bits per heavy atom. The second-order valence-corrected chi connectivity index (χ2v) is 11.9. The van der Waals surface area contributed by atoms with Crippen molar-refractivity contribution in [1.29, 1.82) is 0 Å². The molecule has 0 aliphatic carbocycles. The molecule has 236 valence electrons. The molecule has 11 nitrogen and oxygen atoms in total. The molecule has 2 aliphatic rings. The van der Waals surface area contributed by atoms with E-state index in [1.165, 1.54) is 18.7 Å². The number of esters is 1. The van der Waals surface area contributed by atoms with E-state index in [9.17, 15) is 19.7 Å². The molecule has 12 heteroatoms. The molecule has 2 N–H and O–H groups in total. The molecule has 45 heavy (non-hydrogen) atoms. The number of ether oxygens (including phenoxy) is 1. The average molecular weight is 631 g/mol. The Balaban J connectivity index is 1.28. The number of amides is 1. The monoisotopic (exact) mass is 630 g/mol. The molecule has 0 unspecified atom stereocenters. The molecule has 0 atom stereocenters. The van der Waals surface area contributed by atoms with E-state index in [1.807, 2.05) is 29.2 Å². The Morgan fingerprint density at radius 1 is 0.911 bits per heavy atom. The molecular formula is C33H38N6O5S. The number of piperidine rings is 1. The van der Waals surface area contributed by atoms with Crippen molar-refractivity contribution < 1.29 is 19.2 Å². The molecular weight excluding hydrogens is 592 g/mol. The second-order valence-electron chi connectivity index (χ2n) is 11.5. The zero-order valence-corrected chi connectivity index (χ0v) is 26.3.